The number of nitrogens with zero attached hydrogens (tertiary/aromatic N) is 3. The lowest BCUT2D eigenvalue weighted by Gasteiger charge is -2.17. The van der Waals surface area contributed by atoms with Crippen LogP contribution in [0.25, 0.3) is 0 Å². The average Bonchev–Trinajstić information content (AvgIpc) is 3.04. The third-order valence-corrected chi connectivity index (χ3v) is 4.99. The Balaban J connectivity index is 1.47. The average molecular weight is 336 g/mol. The Morgan fingerprint density at radius 2 is 2.17 bits per heavy atom. The summed E-state index contributed by atoms with van der Waals surface area (Å²) in [5.41, 5.74) is 6.61. The van der Waals surface area contributed by atoms with Gasteiger partial charge in [-0.25, -0.2) is 0 Å². The van der Waals surface area contributed by atoms with Gasteiger partial charge in [-0.3, -0.25) is 14.6 Å². The Kier molecular flexibility index (Phi) is 5.22. The van der Waals surface area contributed by atoms with Gasteiger partial charge < -0.3 is 5.73 Å². The van der Waals surface area contributed by atoms with E-state index < -0.39 is 0 Å². The summed E-state index contributed by atoms with van der Waals surface area (Å²) in [4.78, 5) is 14.9. The van der Waals surface area contributed by atoms with Crippen LogP contribution in [-0.4, -0.2) is 30.0 Å². The monoisotopic (exact) mass is 336 g/mol. The van der Waals surface area contributed by atoms with Crippen LogP contribution in [0.2, 0.25) is 0 Å². The molecule has 0 saturated carbocycles. The molecule has 1 saturated heterocycles. The number of allylic oxidation sites excluding steroid dienone is 4. The van der Waals surface area contributed by atoms with Gasteiger partial charge in [0.2, 0.25) is 11.2 Å². The maximum Gasteiger partial charge on any atom is 0.305 e. The normalized spacial score (nSPS) is 18.3. The highest BCUT2D eigenvalue weighted by Gasteiger charge is 2.23. The van der Waals surface area contributed by atoms with Gasteiger partial charge >= 0.3 is 5.88 Å². The number of piperidine rings is 1. The molecular weight excluding hydrogens is 314 g/mol. The number of carbonyl (C=O) groups excluding carboxylic acids is 1. The molecule has 1 aliphatic heterocycles. The van der Waals surface area contributed by atoms with Gasteiger partial charge in [-0.2, -0.15) is 5.01 Å². The summed E-state index contributed by atoms with van der Waals surface area (Å²) in [6.45, 7) is 1.93. The summed E-state index contributed by atoms with van der Waals surface area (Å²) in [6.07, 6.45) is 10.9. The van der Waals surface area contributed by atoms with E-state index in [4.69, 9.17) is 10.3 Å². The predicted molar refractivity (Wildman–Crippen MR) is 89.2 cm³/mol. The molecule has 8 heteroatoms. The summed E-state index contributed by atoms with van der Waals surface area (Å²) in [5.74, 6) is 0.632. The first kappa shape index (κ1) is 15.9. The van der Waals surface area contributed by atoms with Crippen LogP contribution in [0, 0.1) is 0 Å². The van der Waals surface area contributed by atoms with E-state index in [1.54, 1.807) is 11.0 Å². The largest absolute Gasteiger partial charge is 0.402 e. The number of thioether (sulfide) groups is 1. The smallest absolute Gasteiger partial charge is 0.305 e. The fourth-order valence-electron chi connectivity index (χ4n) is 2.59. The first-order chi connectivity index (χ1) is 11.2. The van der Waals surface area contributed by atoms with Crippen LogP contribution in [0.15, 0.2) is 33.5 Å². The highest BCUT2D eigenvalue weighted by molar-refractivity contribution is 8.03. The van der Waals surface area contributed by atoms with Gasteiger partial charge in [0.15, 0.2) is 0 Å². The second-order valence-electron chi connectivity index (χ2n) is 5.71. The van der Waals surface area contributed by atoms with E-state index in [0.29, 0.717) is 11.6 Å². The number of carbonyl (C=O) groups is 1. The van der Waals surface area contributed by atoms with Crippen LogP contribution in [-0.2, 0) is 4.79 Å². The minimum atomic E-state index is -0.0969. The number of rotatable bonds is 5. The fourth-order valence-corrected chi connectivity index (χ4v) is 3.39. The highest BCUT2D eigenvalue weighted by Crippen LogP contribution is 2.25. The maximum absolute atomic E-state index is 12.0. The Morgan fingerprint density at radius 1 is 1.35 bits per heavy atom. The second-order valence-corrected chi connectivity index (χ2v) is 6.81. The Morgan fingerprint density at radius 3 is 2.91 bits per heavy atom. The van der Waals surface area contributed by atoms with Gasteiger partial charge in [0.05, 0.1) is 23.6 Å². The van der Waals surface area contributed by atoms with Gasteiger partial charge in [-0.15, -0.1) is 11.8 Å². The summed E-state index contributed by atoms with van der Waals surface area (Å²) < 4.78 is 5.18. The zero-order chi connectivity index (χ0) is 16.1. The van der Waals surface area contributed by atoms with Crippen LogP contribution < -0.4 is 20.9 Å². The number of hydrogen-bond acceptors (Lipinski definition) is 6. The van der Waals surface area contributed by atoms with Gasteiger partial charge in [-0.1, -0.05) is 6.08 Å². The van der Waals surface area contributed by atoms with Crippen LogP contribution in [0.1, 0.15) is 32.1 Å². The van der Waals surface area contributed by atoms with Crippen molar-refractivity contribution in [2.45, 2.75) is 32.1 Å². The number of hydrogen-bond donors (Lipinski definition) is 2. The lowest BCUT2D eigenvalue weighted by Crippen LogP contribution is -2.60. The Bertz CT molecular complexity index is 619. The molecule has 1 aliphatic carbocycles. The highest BCUT2D eigenvalue weighted by atomic mass is 32.2. The van der Waals surface area contributed by atoms with Gasteiger partial charge in [0.25, 0.3) is 6.20 Å². The first-order valence-corrected chi connectivity index (χ1v) is 8.91. The number of amides is 1. The van der Waals surface area contributed by atoms with Gasteiger partial charge in [0.1, 0.15) is 0 Å². The van der Waals surface area contributed by atoms with Crippen molar-refractivity contribution in [2.24, 2.45) is 5.73 Å². The number of aromatic nitrogens is 2. The van der Waals surface area contributed by atoms with Crippen molar-refractivity contribution in [3.63, 3.8) is 0 Å². The molecular formula is C15H22N5O2S+. The third kappa shape index (κ3) is 4.51. The number of nitrogens with one attached hydrogen (secondary N) is 1. The van der Waals surface area contributed by atoms with Gasteiger partial charge in [-0.05, 0) is 43.1 Å². The second kappa shape index (κ2) is 7.54. The Hall–Kier alpha value is -1.96. The Labute approximate surface area is 139 Å². The lowest BCUT2D eigenvalue weighted by molar-refractivity contribution is -0.759. The van der Waals surface area contributed by atoms with E-state index >= 15 is 0 Å². The topological polar surface area (TPSA) is 88.3 Å². The summed E-state index contributed by atoms with van der Waals surface area (Å²) >= 11 is 1.53. The number of nitrogens with two attached hydrogens (primary N) is 1. The molecule has 0 aromatic carbocycles. The first-order valence-electron chi connectivity index (χ1n) is 7.92. The summed E-state index contributed by atoms with van der Waals surface area (Å²) in [7, 11) is 0. The molecule has 0 unspecified atom stereocenters. The van der Waals surface area contributed by atoms with Crippen molar-refractivity contribution in [1.29, 1.82) is 0 Å². The zero-order valence-corrected chi connectivity index (χ0v) is 13.8. The van der Waals surface area contributed by atoms with E-state index in [1.807, 2.05) is 12.2 Å². The molecule has 0 spiro atoms. The SMILES string of the molecule is NC1=CC=C(SCC(=O)Nc2c[n+](N3CCCCC3)no2)CC1. The molecule has 1 amide bonds. The van der Waals surface area contributed by atoms with Crippen LogP contribution in [0.5, 0.6) is 0 Å². The van der Waals surface area contributed by atoms with Crippen LogP contribution in [0.4, 0.5) is 5.88 Å². The third-order valence-electron chi connectivity index (χ3n) is 3.87. The predicted octanol–water partition coefficient (Wildman–Crippen LogP) is 1.28. The molecule has 23 heavy (non-hydrogen) atoms. The van der Waals surface area contributed by atoms with Crippen molar-refractivity contribution in [1.82, 2.24) is 5.27 Å². The maximum atomic E-state index is 12.0. The van der Waals surface area contributed by atoms with Gasteiger partial charge in [0, 0.05) is 5.70 Å². The molecule has 1 aromatic rings. The molecule has 1 aromatic heterocycles. The van der Waals surface area contributed by atoms with E-state index in [9.17, 15) is 4.79 Å². The number of anilines is 1. The van der Waals surface area contributed by atoms with Crippen LogP contribution in [0.3, 0.4) is 0 Å². The van der Waals surface area contributed by atoms with E-state index in [-0.39, 0.29) is 5.91 Å². The van der Waals surface area contributed by atoms with Crippen molar-refractivity contribution in [3.8, 4) is 0 Å². The molecule has 0 bridgehead atoms. The minimum absolute atomic E-state index is 0.0969. The molecule has 1 fully saturated rings. The molecule has 2 heterocycles. The minimum Gasteiger partial charge on any atom is -0.402 e. The molecule has 7 nitrogen and oxygen atoms in total. The molecule has 3 N–H and O–H groups in total. The standard InChI is InChI=1S/C15H21N5O2S/c16-12-4-6-13(7-5-12)23-11-14(21)17-15-10-20(18-22-15)19-8-2-1-3-9-19/h4,6,10H,1-3,5,7-9,11,16H2/p+1. The van der Waals surface area contributed by atoms with Crippen LogP contribution >= 0.6 is 11.8 Å². The fraction of sp³-hybridized carbons (Fsp3) is 0.533. The molecule has 0 radical (unpaired) electrons. The zero-order valence-electron chi connectivity index (χ0n) is 13.0. The van der Waals surface area contributed by atoms with E-state index in [0.717, 1.165) is 44.5 Å². The van der Waals surface area contributed by atoms with Crippen molar-refractivity contribution in [3.05, 3.63) is 29.0 Å². The molecule has 124 valence electrons. The quantitative estimate of drug-likeness (QED) is 0.788. The summed E-state index contributed by atoms with van der Waals surface area (Å²) in [6, 6.07) is 0. The van der Waals surface area contributed by atoms with Crippen molar-refractivity contribution in [2.75, 3.05) is 29.2 Å². The molecule has 2 aliphatic rings. The van der Waals surface area contributed by atoms with E-state index in [1.165, 1.54) is 23.1 Å². The molecule has 3 rings (SSSR count). The van der Waals surface area contributed by atoms with Crippen molar-refractivity contribution < 1.29 is 14.1 Å². The summed E-state index contributed by atoms with van der Waals surface area (Å²) in [5, 5.41) is 8.82. The van der Waals surface area contributed by atoms with Crippen molar-refractivity contribution >= 4 is 23.6 Å². The lowest BCUT2D eigenvalue weighted by atomic mass is 10.1. The molecule has 0 atom stereocenters. The van der Waals surface area contributed by atoms with E-state index in [2.05, 4.69) is 15.6 Å².